The van der Waals surface area contributed by atoms with Crippen molar-refractivity contribution in [1.29, 1.82) is 0 Å². The van der Waals surface area contributed by atoms with Crippen molar-refractivity contribution in [2.45, 2.75) is 19.8 Å². The molecule has 0 spiro atoms. The highest BCUT2D eigenvalue weighted by atomic mass is 16.5. The Balaban J connectivity index is 2.39. The van der Waals surface area contributed by atoms with Crippen molar-refractivity contribution >= 4 is 23.0 Å². The van der Waals surface area contributed by atoms with Crippen molar-refractivity contribution < 1.29 is 19.1 Å². The number of aliphatic hydroxyl groups excluding tert-OH is 1. The summed E-state index contributed by atoms with van der Waals surface area (Å²) in [5.41, 5.74) is 7.64. The van der Waals surface area contributed by atoms with Crippen LogP contribution in [0.5, 0.6) is 0 Å². The van der Waals surface area contributed by atoms with Gasteiger partial charge >= 0.3 is 5.97 Å². The fourth-order valence-electron chi connectivity index (χ4n) is 1.86. The number of anilines is 1. The second-order valence-electron chi connectivity index (χ2n) is 4.08. The zero-order valence-corrected chi connectivity index (χ0v) is 10.7. The number of esters is 1. The number of hydrogen-bond donors (Lipinski definition) is 2. The van der Waals surface area contributed by atoms with Crippen LogP contribution in [0.1, 0.15) is 29.3 Å². The maximum Gasteiger partial charge on any atom is 0.345 e. The van der Waals surface area contributed by atoms with Gasteiger partial charge in [-0.2, -0.15) is 0 Å². The first-order valence-electron chi connectivity index (χ1n) is 6.12. The lowest BCUT2D eigenvalue weighted by atomic mass is 10.1. The number of pyridine rings is 1. The van der Waals surface area contributed by atoms with Crippen LogP contribution in [0.4, 0.5) is 5.88 Å². The van der Waals surface area contributed by atoms with E-state index in [0.717, 1.165) is 5.56 Å². The van der Waals surface area contributed by atoms with Gasteiger partial charge in [0.05, 0.1) is 6.61 Å². The average Bonchev–Trinajstić information content (AvgIpc) is 2.71. The summed E-state index contributed by atoms with van der Waals surface area (Å²) in [6.07, 6.45) is 2.98. The van der Waals surface area contributed by atoms with Crippen LogP contribution in [-0.2, 0) is 11.2 Å². The van der Waals surface area contributed by atoms with Crippen LogP contribution in [0.15, 0.2) is 16.7 Å². The molecule has 2 aromatic heterocycles. The highest BCUT2D eigenvalue weighted by Gasteiger charge is 2.21. The number of carbonyl (C=O) groups excluding carboxylic acids is 1. The normalized spacial score (nSPS) is 10.8. The molecule has 2 rings (SSSR count). The van der Waals surface area contributed by atoms with E-state index < -0.39 is 5.97 Å². The molecule has 6 heteroatoms. The minimum absolute atomic E-state index is 0.0141. The summed E-state index contributed by atoms with van der Waals surface area (Å²) in [5, 5.41) is 8.80. The van der Waals surface area contributed by atoms with E-state index >= 15 is 0 Å². The number of rotatable bonds is 5. The van der Waals surface area contributed by atoms with Crippen LogP contribution in [0.3, 0.4) is 0 Å². The van der Waals surface area contributed by atoms with Gasteiger partial charge < -0.3 is 20.0 Å². The van der Waals surface area contributed by atoms with Crippen LogP contribution < -0.4 is 5.73 Å². The van der Waals surface area contributed by atoms with E-state index in [4.69, 9.17) is 20.0 Å². The number of aryl methyl sites for hydroxylation is 1. The molecule has 0 aliphatic carbocycles. The Morgan fingerprint density at radius 3 is 3.05 bits per heavy atom. The maximum atomic E-state index is 11.8. The largest absolute Gasteiger partial charge is 0.462 e. The van der Waals surface area contributed by atoms with Gasteiger partial charge in [0.2, 0.25) is 5.88 Å². The molecule has 0 unspecified atom stereocenters. The molecular formula is C13H16N2O4. The van der Waals surface area contributed by atoms with Gasteiger partial charge in [0.1, 0.15) is 11.1 Å². The lowest BCUT2D eigenvalue weighted by Crippen LogP contribution is -2.06. The number of aliphatic hydroxyl groups is 1. The molecular weight excluding hydrogens is 248 g/mol. The second-order valence-corrected chi connectivity index (χ2v) is 4.08. The second kappa shape index (κ2) is 5.71. The first kappa shape index (κ1) is 13.4. The third-order valence-corrected chi connectivity index (χ3v) is 2.72. The highest BCUT2D eigenvalue weighted by molar-refractivity contribution is 6.06. The first-order valence-corrected chi connectivity index (χ1v) is 6.12. The van der Waals surface area contributed by atoms with E-state index in [9.17, 15) is 4.79 Å². The van der Waals surface area contributed by atoms with Gasteiger partial charge in [0, 0.05) is 12.8 Å². The van der Waals surface area contributed by atoms with Crippen LogP contribution in [0.25, 0.3) is 11.1 Å². The van der Waals surface area contributed by atoms with Gasteiger partial charge in [-0.15, -0.1) is 0 Å². The number of fused-ring (bicyclic) bond motifs is 1. The SMILES string of the molecule is CCOC(=O)c1c(N)oc2cc(CCCO)cnc12. The number of nitrogens with two attached hydrogens (primary N) is 1. The Hall–Kier alpha value is -2.08. The Morgan fingerprint density at radius 2 is 2.37 bits per heavy atom. The Morgan fingerprint density at radius 1 is 1.58 bits per heavy atom. The summed E-state index contributed by atoms with van der Waals surface area (Å²) in [7, 11) is 0. The quantitative estimate of drug-likeness (QED) is 0.794. The predicted octanol–water partition coefficient (Wildman–Crippen LogP) is 1.51. The smallest absolute Gasteiger partial charge is 0.345 e. The van der Waals surface area contributed by atoms with E-state index in [2.05, 4.69) is 4.98 Å². The van der Waals surface area contributed by atoms with Gasteiger partial charge in [-0.1, -0.05) is 0 Å². The molecule has 3 N–H and O–H groups in total. The number of furan rings is 1. The van der Waals surface area contributed by atoms with E-state index in [1.165, 1.54) is 0 Å². The monoisotopic (exact) mass is 264 g/mol. The predicted molar refractivity (Wildman–Crippen MR) is 69.8 cm³/mol. The fraction of sp³-hybridized carbons (Fsp3) is 0.385. The highest BCUT2D eigenvalue weighted by Crippen LogP contribution is 2.27. The molecule has 0 saturated heterocycles. The van der Waals surface area contributed by atoms with Crippen LogP contribution >= 0.6 is 0 Å². The molecule has 0 saturated carbocycles. The lowest BCUT2D eigenvalue weighted by molar-refractivity contribution is 0.0529. The molecule has 0 radical (unpaired) electrons. The lowest BCUT2D eigenvalue weighted by Gasteiger charge is -2.00. The zero-order chi connectivity index (χ0) is 13.8. The number of hydrogen-bond acceptors (Lipinski definition) is 6. The summed E-state index contributed by atoms with van der Waals surface area (Å²) in [4.78, 5) is 16.0. The Kier molecular flexibility index (Phi) is 4.01. The van der Waals surface area contributed by atoms with Crippen molar-refractivity contribution in [2.75, 3.05) is 18.9 Å². The molecule has 6 nitrogen and oxygen atoms in total. The van der Waals surface area contributed by atoms with Gasteiger partial charge in [0.15, 0.2) is 5.58 Å². The molecule has 2 heterocycles. The van der Waals surface area contributed by atoms with Crippen molar-refractivity contribution in [3.05, 3.63) is 23.4 Å². The van der Waals surface area contributed by atoms with Gasteiger partial charge in [-0.3, -0.25) is 4.98 Å². The van der Waals surface area contributed by atoms with Gasteiger partial charge in [-0.05, 0) is 31.4 Å². The Labute approximate surface area is 110 Å². The summed E-state index contributed by atoms with van der Waals surface area (Å²) in [6.45, 7) is 2.10. The van der Waals surface area contributed by atoms with E-state index in [1.54, 1.807) is 19.2 Å². The molecule has 0 aliphatic rings. The first-order chi connectivity index (χ1) is 9.17. The molecule has 0 fully saturated rings. The van der Waals surface area contributed by atoms with Crippen LogP contribution in [0, 0.1) is 0 Å². The number of nitrogens with zero attached hydrogens (tertiary/aromatic N) is 1. The number of carbonyl (C=O) groups is 1. The molecule has 0 amide bonds. The molecule has 102 valence electrons. The number of nitrogen functional groups attached to an aromatic ring is 1. The molecule has 0 bridgehead atoms. The molecule has 19 heavy (non-hydrogen) atoms. The average molecular weight is 264 g/mol. The van der Waals surface area contributed by atoms with E-state index in [-0.39, 0.29) is 24.7 Å². The standard InChI is InChI=1S/C13H16N2O4/c1-2-18-13(17)10-11-9(19-12(10)14)6-8(7-15-11)4-3-5-16/h6-7,16H,2-5,14H2,1H3. The Bertz CT molecular complexity index is 592. The van der Waals surface area contributed by atoms with Crippen molar-refractivity contribution in [1.82, 2.24) is 4.98 Å². The van der Waals surface area contributed by atoms with Crippen molar-refractivity contribution in [2.24, 2.45) is 0 Å². The summed E-state index contributed by atoms with van der Waals surface area (Å²) in [6, 6.07) is 1.77. The molecule has 0 aromatic carbocycles. The summed E-state index contributed by atoms with van der Waals surface area (Å²) in [5.74, 6) is -0.519. The van der Waals surface area contributed by atoms with E-state index in [1.807, 2.05) is 0 Å². The fourth-order valence-corrected chi connectivity index (χ4v) is 1.86. The maximum absolute atomic E-state index is 11.8. The molecule has 2 aromatic rings. The third-order valence-electron chi connectivity index (χ3n) is 2.72. The van der Waals surface area contributed by atoms with Crippen LogP contribution in [-0.4, -0.2) is 29.3 Å². The minimum atomic E-state index is -0.533. The van der Waals surface area contributed by atoms with Crippen LogP contribution in [0.2, 0.25) is 0 Å². The van der Waals surface area contributed by atoms with Crippen molar-refractivity contribution in [3.8, 4) is 0 Å². The van der Waals surface area contributed by atoms with Gasteiger partial charge in [-0.25, -0.2) is 4.79 Å². The topological polar surface area (TPSA) is 98.6 Å². The summed E-state index contributed by atoms with van der Waals surface area (Å²) < 4.78 is 10.3. The van der Waals surface area contributed by atoms with Gasteiger partial charge in [0.25, 0.3) is 0 Å². The van der Waals surface area contributed by atoms with E-state index in [0.29, 0.717) is 23.9 Å². The van der Waals surface area contributed by atoms with Crippen molar-refractivity contribution in [3.63, 3.8) is 0 Å². The summed E-state index contributed by atoms with van der Waals surface area (Å²) >= 11 is 0. The number of ether oxygens (including phenoxy) is 1. The third kappa shape index (κ3) is 2.68. The number of aromatic nitrogens is 1. The zero-order valence-electron chi connectivity index (χ0n) is 10.7. The molecule has 0 aliphatic heterocycles. The minimum Gasteiger partial charge on any atom is -0.462 e. The molecule has 0 atom stereocenters.